The first-order valence-electron chi connectivity index (χ1n) is 25.1. The Morgan fingerprint density at radius 3 is 0.507 bits per heavy atom. The van der Waals surface area contributed by atoms with Crippen molar-refractivity contribution in [3.63, 3.8) is 0 Å². The fraction of sp³-hybridized carbons (Fsp3) is 0.229. The molecule has 0 N–H and O–H groups in total. The van der Waals surface area contributed by atoms with Crippen LogP contribution in [0.25, 0.3) is 72.9 Å². The molecule has 0 amide bonds. The van der Waals surface area contributed by atoms with E-state index in [1.807, 2.05) is 0 Å². The van der Waals surface area contributed by atoms with Crippen molar-refractivity contribution in [1.82, 2.24) is 0 Å². The van der Waals surface area contributed by atoms with Gasteiger partial charge in [0.15, 0.2) is 0 Å². The van der Waals surface area contributed by atoms with Crippen LogP contribution in [0, 0.1) is 0 Å². The zero-order valence-corrected chi connectivity index (χ0v) is 45.8. The molecule has 0 unspecified atom stereocenters. The van der Waals surface area contributed by atoms with Crippen LogP contribution in [0.1, 0.15) is 172 Å². The summed E-state index contributed by atoms with van der Waals surface area (Å²) in [6, 6.07) is 55.9. The van der Waals surface area contributed by atoms with Crippen molar-refractivity contribution in [2.75, 3.05) is 0 Å². The van der Waals surface area contributed by atoms with E-state index >= 15 is 0 Å². The molecule has 0 atom stereocenters. The smallest absolute Gasteiger partial charge is 0.0187 e. The first-order chi connectivity index (χ1) is 33.5. The summed E-state index contributed by atoms with van der Waals surface area (Å²) in [7, 11) is 0. The van der Waals surface area contributed by atoms with Crippen molar-refractivity contribution in [2.24, 2.45) is 0 Å². The van der Waals surface area contributed by atoms with Gasteiger partial charge in [-0.3, -0.25) is 0 Å². The van der Waals surface area contributed by atoms with Crippen molar-refractivity contribution in [3.8, 4) is 0 Å². The van der Waals surface area contributed by atoms with Crippen molar-refractivity contribution < 1.29 is 0 Å². The fourth-order valence-corrected chi connectivity index (χ4v) is 8.87. The molecule has 0 aliphatic heterocycles. The van der Waals surface area contributed by atoms with Gasteiger partial charge in [0.05, 0.1) is 0 Å². The van der Waals surface area contributed by atoms with Gasteiger partial charge in [0.25, 0.3) is 0 Å². The van der Waals surface area contributed by atoms with Crippen LogP contribution in [-0.4, -0.2) is 0 Å². The summed E-state index contributed by atoms with van der Waals surface area (Å²) in [6.07, 6.45) is 26.6. The Labute approximate surface area is 436 Å². The van der Waals surface area contributed by atoms with E-state index in [2.05, 4.69) is 324 Å². The predicted octanol–water partition coefficient (Wildman–Crippen LogP) is 20.7. The number of halogens is 1. The van der Waals surface area contributed by atoms with Gasteiger partial charge in [-0.1, -0.05) is 269 Å². The normalized spacial score (nSPS) is 13.1. The van der Waals surface area contributed by atoms with Gasteiger partial charge < -0.3 is 0 Å². The van der Waals surface area contributed by atoms with E-state index in [9.17, 15) is 0 Å². The number of hydrogen-bond donors (Lipinski definition) is 0. The highest BCUT2D eigenvalue weighted by Crippen LogP contribution is 2.29. The van der Waals surface area contributed by atoms with Crippen LogP contribution in [-0.2, 0) is 21.7 Å². The molecule has 0 aliphatic rings. The molecule has 0 fully saturated rings. The summed E-state index contributed by atoms with van der Waals surface area (Å²) >= 11 is 3.84. The lowest BCUT2D eigenvalue weighted by molar-refractivity contribution is 0.590. The van der Waals surface area contributed by atoms with Crippen LogP contribution >= 0.6 is 15.9 Å². The van der Waals surface area contributed by atoms with Gasteiger partial charge in [0.2, 0.25) is 0 Å². The zero-order chi connectivity index (χ0) is 51.0. The number of rotatable bonds is 12. The summed E-state index contributed by atoms with van der Waals surface area (Å²) < 4.78 is 1.03. The van der Waals surface area contributed by atoms with Crippen molar-refractivity contribution in [3.05, 3.63) is 245 Å². The predicted molar refractivity (Wildman–Crippen MR) is 321 cm³/mol. The van der Waals surface area contributed by atoms with Crippen LogP contribution in [0.3, 0.4) is 0 Å². The molecule has 0 spiro atoms. The second-order valence-corrected chi connectivity index (χ2v) is 24.1. The van der Waals surface area contributed by atoms with Crippen molar-refractivity contribution in [2.45, 2.75) is 105 Å². The average Bonchev–Trinajstić information content (AvgIpc) is 3.32. The maximum Gasteiger partial charge on any atom is 0.0187 e. The third-order valence-electron chi connectivity index (χ3n) is 12.9. The summed E-state index contributed by atoms with van der Waals surface area (Å²) in [5.41, 5.74) is 19.7. The molecule has 1 heteroatoms. The monoisotopic (exact) mass is 992 g/mol. The maximum absolute atomic E-state index is 3.84. The van der Waals surface area contributed by atoms with Gasteiger partial charge in [0, 0.05) is 4.47 Å². The molecule has 0 radical (unpaired) electrons. The summed E-state index contributed by atoms with van der Waals surface area (Å²) in [5.74, 6) is 0. The van der Waals surface area contributed by atoms with Gasteiger partial charge in [-0.25, -0.2) is 0 Å². The highest BCUT2D eigenvalue weighted by Gasteiger charge is 2.15. The second-order valence-electron chi connectivity index (χ2n) is 23.2. The third-order valence-corrected chi connectivity index (χ3v) is 13.3. The highest BCUT2D eigenvalue weighted by molar-refractivity contribution is 9.10. The topological polar surface area (TPSA) is 0 Å². The Kier molecular flexibility index (Phi) is 16.4. The van der Waals surface area contributed by atoms with Gasteiger partial charge in [0.1, 0.15) is 0 Å². The highest BCUT2D eigenvalue weighted by atomic mass is 79.9. The van der Waals surface area contributed by atoms with Crippen LogP contribution in [0.2, 0.25) is 0 Å². The average molecular weight is 994 g/mol. The minimum atomic E-state index is 0.120. The largest absolute Gasteiger partial charge is 0.0579 e. The first kappa shape index (κ1) is 52.3. The summed E-state index contributed by atoms with van der Waals surface area (Å²) in [5, 5.41) is 0. The molecule has 0 saturated heterocycles. The fourth-order valence-electron chi connectivity index (χ4n) is 8.34. The van der Waals surface area contributed by atoms with Crippen molar-refractivity contribution >= 4 is 88.8 Å². The first-order valence-corrected chi connectivity index (χ1v) is 25.9. The van der Waals surface area contributed by atoms with E-state index in [1.165, 1.54) is 44.5 Å². The zero-order valence-electron chi connectivity index (χ0n) is 44.2. The Balaban J connectivity index is 1.17. The van der Waals surface area contributed by atoms with Gasteiger partial charge in [-0.15, -0.1) is 0 Å². The molecule has 0 aromatic heterocycles. The maximum atomic E-state index is 3.84. The van der Waals surface area contributed by atoms with E-state index in [1.54, 1.807) is 0 Å². The van der Waals surface area contributed by atoms with E-state index < -0.39 is 0 Å². The van der Waals surface area contributed by atoms with Crippen LogP contribution < -0.4 is 0 Å². The molecule has 0 bridgehead atoms. The van der Waals surface area contributed by atoms with E-state index in [-0.39, 0.29) is 21.7 Å². The Morgan fingerprint density at radius 2 is 0.352 bits per heavy atom. The molecule has 7 aromatic rings. The molecule has 0 nitrogen and oxygen atoms in total. The van der Waals surface area contributed by atoms with Gasteiger partial charge >= 0.3 is 0 Å². The van der Waals surface area contributed by atoms with E-state index in [0.29, 0.717) is 0 Å². The minimum Gasteiger partial charge on any atom is -0.0579 e. The second kappa shape index (κ2) is 22.3. The molecule has 0 saturated carbocycles. The van der Waals surface area contributed by atoms with Gasteiger partial charge in [-0.05, 0) is 165 Å². The van der Waals surface area contributed by atoms with Crippen LogP contribution in [0.4, 0.5) is 0 Å². The molecule has 7 aromatic carbocycles. The molecule has 360 valence electrons. The van der Waals surface area contributed by atoms with E-state index in [4.69, 9.17) is 0 Å². The molecular weight excluding hydrogens is 921 g/mol. The lowest BCUT2D eigenvalue weighted by Crippen LogP contribution is -2.10. The quantitative estimate of drug-likeness (QED) is 0.107. The van der Waals surface area contributed by atoms with Crippen LogP contribution in [0.15, 0.2) is 156 Å². The van der Waals surface area contributed by atoms with Crippen LogP contribution in [0.5, 0.6) is 0 Å². The number of hydrogen-bond acceptors (Lipinski definition) is 0. The SMILES string of the molecule is CC(C)(C)c1ccc(/C=C/c2cc(/C=C/c3ccc(C(C)(C)C)cc3)cc(/C=C/c3cc(Br)cc(/C=C/c4cc(/C=C/c5ccc(C(C)(C)C)cc5)cc(/C=C/c5ccc(C(C)(C)C)cc5)c4)c3)c2)cc1. The number of benzene rings is 7. The Bertz CT molecular complexity index is 2710. The molecule has 71 heavy (non-hydrogen) atoms. The van der Waals surface area contributed by atoms with Gasteiger partial charge in [-0.2, -0.15) is 0 Å². The molecule has 0 aliphatic carbocycles. The Hall–Kier alpha value is -6.54. The molecule has 0 heterocycles. The molecular formula is C70H73Br. The molecule has 7 rings (SSSR count). The standard InChI is InChI=1S/C70H73Br/c1-67(2,3)62-33-25-50(26-34-62)13-17-54-41-55(18-14-51-27-35-63(36-28-51)68(4,5)6)44-58(43-54)21-23-60-47-61(49-66(71)48-60)24-22-59-45-56(19-15-52-29-37-64(38-30-52)69(7,8)9)42-57(46-59)20-16-53-31-39-65(40-32-53)70(10,11)12/h13-49H,1-12H3/b17-13+,18-14+,19-15+,20-16+,23-21+,24-22+. The summed E-state index contributed by atoms with van der Waals surface area (Å²) in [4.78, 5) is 0. The van der Waals surface area contributed by atoms with E-state index in [0.717, 1.165) is 49.0 Å². The third kappa shape index (κ3) is 15.7. The lowest BCUT2D eigenvalue weighted by atomic mass is 9.86. The Morgan fingerprint density at radius 1 is 0.211 bits per heavy atom. The van der Waals surface area contributed by atoms with Crippen molar-refractivity contribution in [1.29, 1.82) is 0 Å². The minimum absolute atomic E-state index is 0.120. The lowest BCUT2D eigenvalue weighted by Gasteiger charge is -2.18. The summed E-state index contributed by atoms with van der Waals surface area (Å²) in [6.45, 7) is 27.1.